The fourth-order valence-electron chi connectivity index (χ4n) is 1.74. The van der Waals surface area contributed by atoms with E-state index in [1.165, 1.54) is 6.07 Å². The zero-order chi connectivity index (χ0) is 10.9. The zero-order valence-corrected chi connectivity index (χ0v) is 10.5. The molecule has 0 amide bonds. The van der Waals surface area contributed by atoms with Crippen molar-refractivity contribution in [3.05, 3.63) is 29.6 Å². The van der Waals surface area contributed by atoms with Crippen LogP contribution in [0.3, 0.4) is 0 Å². The Hall–Kier alpha value is -0.520. The van der Waals surface area contributed by atoms with Gasteiger partial charge in [-0.15, -0.1) is 24.8 Å². The van der Waals surface area contributed by atoms with E-state index in [9.17, 15) is 13.2 Å². The molecule has 1 saturated heterocycles. The van der Waals surface area contributed by atoms with Gasteiger partial charge in [-0.25, -0.2) is 4.98 Å². The van der Waals surface area contributed by atoms with Gasteiger partial charge in [-0.05, 0) is 25.1 Å². The first kappa shape index (κ1) is 16.5. The van der Waals surface area contributed by atoms with Gasteiger partial charge in [0.05, 0.1) is 0 Å². The van der Waals surface area contributed by atoms with Crippen LogP contribution < -0.4 is 5.32 Å². The Kier molecular flexibility index (Phi) is 6.23. The van der Waals surface area contributed by atoms with Crippen LogP contribution >= 0.6 is 24.8 Å². The maximum absolute atomic E-state index is 12.4. The van der Waals surface area contributed by atoms with E-state index in [1.54, 1.807) is 6.07 Å². The van der Waals surface area contributed by atoms with Gasteiger partial charge >= 0.3 is 6.18 Å². The summed E-state index contributed by atoms with van der Waals surface area (Å²) in [6.45, 7) is 1.57. The molecule has 2 heterocycles. The lowest BCUT2D eigenvalue weighted by atomic mass is 10.0. The second-order valence-corrected chi connectivity index (χ2v) is 3.64. The van der Waals surface area contributed by atoms with Crippen molar-refractivity contribution in [1.82, 2.24) is 10.3 Å². The monoisotopic (exact) mass is 288 g/mol. The first-order valence-electron chi connectivity index (χ1n) is 4.82. The van der Waals surface area contributed by atoms with Crippen LogP contribution in [0.4, 0.5) is 13.2 Å². The number of rotatable bonds is 1. The number of aromatic nitrogens is 1. The summed E-state index contributed by atoms with van der Waals surface area (Å²) in [6.07, 6.45) is -3.49. The van der Waals surface area contributed by atoms with Gasteiger partial charge in [0.15, 0.2) is 0 Å². The summed E-state index contributed by atoms with van der Waals surface area (Å²) in [5, 5.41) is 3.11. The largest absolute Gasteiger partial charge is 0.433 e. The lowest BCUT2D eigenvalue weighted by Gasteiger charge is -2.11. The van der Waals surface area contributed by atoms with Crippen LogP contribution in [0, 0.1) is 0 Å². The zero-order valence-electron chi connectivity index (χ0n) is 8.83. The van der Waals surface area contributed by atoms with Gasteiger partial charge in [-0.1, -0.05) is 6.07 Å². The smallest absolute Gasteiger partial charge is 0.316 e. The number of hydrogen-bond donors (Lipinski definition) is 1. The Bertz CT molecular complexity index is 352. The minimum atomic E-state index is -4.35. The molecular formula is C10H13Cl2F3N2. The van der Waals surface area contributed by atoms with Gasteiger partial charge in [0, 0.05) is 18.2 Å². The molecule has 7 heteroatoms. The van der Waals surface area contributed by atoms with Crippen LogP contribution in [-0.2, 0) is 6.18 Å². The number of pyridine rings is 1. The minimum absolute atomic E-state index is 0. The summed E-state index contributed by atoms with van der Waals surface area (Å²) in [6, 6.07) is 4.09. The SMILES string of the molecule is Cl.Cl.FC(F)(F)c1cccc(C2CCNC2)n1. The Labute approximate surface area is 110 Å². The molecule has 1 N–H and O–H groups in total. The highest BCUT2D eigenvalue weighted by Crippen LogP contribution is 2.29. The molecule has 17 heavy (non-hydrogen) atoms. The molecule has 0 aromatic carbocycles. The van der Waals surface area contributed by atoms with Crippen LogP contribution in [0.5, 0.6) is 0 Å². The highest BCUT2D eigenvalue weighted by molar-refractivity contribution is 5.85. The van der Waals surface area contributed by atoms with Crippen molar-refractivity contribution < 1.29 is 13.2 Å². The first-order valence-corrected chi connectivity index (χ1v) is 4.82. The van der Waals surface area contributed by atoms with Gasteiger partial charge in [0.25, 0.3) is 0 Å². The van der Waals surface area contributed by atoms with Crippen LogP contribution in [-0.4, -0.2) is 18.1 Å². The van der Waals surface area contributed by atoms with Crippen molar-refractivity contribution in [1.29, 1.82) is 0 Å². The maximum atomic E-state index is 12.4. The van der Waals surface area contributed by atoms with E-state index in [0.717, 1.165) is 19.0 Å². The van der Waals surface area contributed by atoms with E-state index in [2.05, 4.69) is 10.3 Å². The lowest BCUT2D eigenvalue weighted by molar-refractivity contribution is -0.141. The fraction of sp³-hybridized carbons (Fsp3) is 0.500. The molecule has 0 aliphatic carbocycles. The van der Waals surface area contributed by atoms with E-state index in [-0.39, 0.29) is 30.7 Å². The Morgan fingerprint density at radius 3 is 2.47 bits per heavy atom. The summed E-state index contributed by atoms with van der Waals surface area (Å²) in [4.78, 5) is 3.66. The summed E-state index contributed by atoms with van der Waals surface area (Å²) >= 11 is 0. The third kappa shape index (κ3) is 4.01. The summed E-state index contributed by atoms with van der Waals surface area (Å²) < 4.78 is 37.1. The van der Waals surface area contributed by atoms with E-state index in [1.807, 2.05) is 0 Å². The summed E-state index contributed by atoms with van der Waals surface area (Å²) in [5.41, 5.74) is -0.262. The molecule has 2 nitrogen and oxygen atoms in total. The van der Waals surface area contributed by atoms with Gasteiger partial charge in [-0.2, -0.15) is 13.2 Å². The predicted molar refractivity (Wildman–Crippen MR) is 64.0 cm³/mol. The van der Waals surface area contributed by atoms with Gasteiger partial charge in [0.2, 0.25) is 0 Å². The summed E-state index contributed by atoms with van der Waals surface area (Å²) in [7, 11) is 0. The highest BCUT2D eigenvalue weighted by atomic mass is 35.5. The average Bonchev–Trinajstić information content (AvgIpc) is 2.69. The molecule has 1 atom stereocenters. The Balaban J connectivity index is 0.00000128. The number of nitrogens with zero attached hydrogens (tertiary/aromatic N) is 1. The van der Waals surface area contributed by atoms with Crippen LogP contribution in [0.1, 0.15) is 23.7 Å². The van der Waals surface area contributed by atoms with Crippen molar-refractivity contribution in [2.75, 3.05) is 13.1 Å². The van der Waals surface area contributed by atoms with E-state index < -0.39 is 11.9 Å². The van der Waals surface area contributed by atoms with Crippen molar-refractivity contribution >= 4 is 24.8 Å². The van der Waals surface area contributed by atoms with Crippen LogP contribution in [0.2, 0.25) is 0 Å². The molecule has 0 radical (unpaired) electrons. The molecule has 1 aliphatic heterocycles. The van der Waals surface area contributed by atoms with Crippen molar-refractivity contribution in [3.8, 4) is 0 Å². The highest BCUT2D eigenvalue weighted by Gasteiger charge is 2.33. The van der Waals surface area contributed by atoms with Crippen molar-refractivity contribution in [3.63, 3.8) is 0 Å². The average molecular weight is 289 g/mol. The summed E-state index contributed by atoms with van der Waals surface area (Å²) in [5.74, 6) is 0.118. The number of nitrogens with one attached hydrogen (secondary N) is 1. The second-order valence-electron chi connectivity index (χ2n) is 3.64. The molecule has 1 fully saturated rings. The standard InChI is InChI=1S/C10H11F3N2.2ClH/c11-10(12,13)9-3-1-2-8(15-9)7-4-5-14-6-7;;/h1-3,7,14H,4-6H2;2*1H. The van der Waals surface area contributed by atoms with E-state index >= 15 is 0 Å². The maximum Gasteiger partial charge on any atom is 0.433 e. The van der Waals surface area contributed by atoms with Crippen molar-refractivity contribution in [2.45, 2.75) is 18.5 Å². The molecule has 1 aromatic heterocycles. The number of alkyl halides is 3. The molecule has 1 unspecified atom stereocenters. The molecule has 0 spiro atoms. The Morgan fingerprint density at radius 2 is 1.94 bits per heavy atom. The van der Waals surface area contributed by atoms with Gasteiger partial charge in [-0.3, -0.25) is 0 Å². The van der Waals surface area contributed by atoms with E-state index in [0.29, 0.717) is 12.2 Å². The van der Waals surface area contributed by atoms with Crippen LogP contribution in [0.15, 0.2) is 18.2 Å². The van der Waals surface area contributed by atoms with Crippen molar-refractivity contribution in [2.24, 2.45) is 0 Å². The molecule has 1 aromatic rings. The Morgan fingerprint density at radius 1 is 1.24 bits per heavy atom. The normalized spacial score (nSPS) is 19.4. The molecule has 2 rings (SSSR count). The number of hydrogen-bond acceptors (Lipinski definition) is 2. The third-order valence-corrected chi connectivity index (χ3v) is 2.54. The third-order valence-electron chi connectivity index (χ3n) is 2.54. The van der Waals surface area contributed by atoms with Gasteiger partial charge in [0.1, 0.15) is 5.69 Å². The van der Waals surface area contributed by atoms with Crippen LogP contribution in [0.25, 0.3) is 0 Å². The molecule has 1 aliphatic rings. The second kappa shape index (κ2) is 6.42. The molecule has 0 saturated carbocycles. The minimum Gasteiger partial charge on any atom is -0.316 e. The predicted octanol–water partition coefficient (Wildman–Crippen LogP) is 3.02. The molecule has 98 valence electrons. The lowest BCUT2D eigenvalue weighted by Crippen LogP contribution is -2.12. The van der Waals surface area contributed by atoms with Gasteiger partial charge < -0.3 is 5.32 Å². The fourth-order valence-corrected chi connectivity index (χ4v) is 1.74. The first-order chi connectivity index (χ1) is 7.07. The number of halogens is 5. The topological polar surface area (TPSA) is 24.9 Å². The molecular weight excluding hydrogens is 276 g/mol. The quantitative estimate of drug-likeness (QED) is 0.859. The van der Waals surface area contributed by atoms with E-state index in [4.69, 9.17) is 0 Å². The molecule has 0 bridgehead atoms.